The number of amidine groups is 1. The first kappa shape index (κ1) is 29.4. The van der Waals surface area contributed by atoms with Gasteiger partial charge in [0.25, 0.3) is 5.91 Å². The van der Waals surface area contributed by atoms with Crippen LogP contribution in [0.1, 0.15) is 91.4 Å². The predicted molar refractivity (Wildman–Crippen MR) is 148 cm³/mol. The fourth-order valence-corrected chi connectivity index (χ4v) is 4.35. The van der Waals surface area contributed by atoms with Crippen molar-refractivity contribution in [2.24, 2.45) is 0 Å². The van der Waals surface area contributed by atoms with Gasteiger partial charge in [0.1, 0.15) is 17.3 Å². The molecular formula is C28H38BrN3O4. The minimum atomic E-state index is -0.344. The van der Waals surface area contributed by atoms with Crippen molar-refractivity contribution in [2.75, 3.05) is 20.2 Å². The standard InChI is InChI=1S/C28H37N3O4.BrH/c1-9-35-23-12-17-14-31(25(29)18(17)13-19(23)26(34)30-8)15-22(32)16-10-20(27(2,3)4)24(33)21(11-16)28(5,6)7;/h10-13,29,33H,9,14-15H2,1-8H3,(H,30,34);1H. The highest BCUT2D eigenvalue weighted by atomic mass is 79.9. The van der Waals surface area contributed by atoms with Gasteiger partial charge in [-0.2, -0.15) is 0 Å². The summed E-state index contributed by atoms with van der Waals surface area (Å²) >= 11 is 0. The molecule has 0 atom stereocenters. The molecule has 0 saturated heterocycles. The van der Waals surface area contributed by atoms with Crippen molar-refractivity contribution < 1.29 is 19.4 Å². The van der Waals surface area contributed by atoms with Gasteiger partial charge in [-0.15, -0.1) is 17.0 Å². The van der Waals surface area contributed by atoms with E-state index in [0.29, 0.717) is 35.6 Å². The first-order valence-corrected chi connectivity index (χ1v) is 12.0. The number of Topliss-reactive ketones (excluding diaryl/α,β-unsaturated/α-hetero) is 1. The van der Waals surface area contributed by atoms with Gasteiger partial charge in [-0.1, -0.05) is 41.5 Å². The van der Waals surface area contributed by atoms with Gasteiger partial charge in [-0.25, -0.2) is 0 Å². The number of ether oxygens (including phenoxy) is 1. The lowest BCUT2D eigenvalue weighted by atomic mass is 9.78. The highest BCUT2D eigenvalue weighted by molar-refractivity contribution is 8.93. The summed E-state index contributed by atoms with van der Waals surface area (Å²) in [6, 6.07) is 7.01. The van der Waals surface area contributed by atoms with Gasteiger partial charge in [0.2, 0.25) is 0 Å². The van der Waals surface area contributed by atoms with Crippen molar-refractivity contribution in [3.05, 3.63) is 57.6 Å². The van der Waals surface area contributed by atoms with Gasteiger partial charge in [0.05, 0.1) is 18.7 Å². The number of nitrogens with zero attached hydrogens (tertiary/aromatic N) is 1. The van der Waals surface area contributed by atoms with Gasteiger partial charge in [0, 0.05) is 35.8 Å². The van der Waals surface area contributed by atoms with Crippen LogP contribution in [0, 0.1) is 5.41 Å². The number of hydrogen-bond donors (Lipinski definition) is 3. The summed E-state index contributed by atoms with van der Waals surface area (Å²) in [6.07, 6.45) is 0. The number of carbonyl (C=O) groups is 2. The number of phenols is 1. The number of fused-ring (bicyclic) bond motifs is 1. The lowest BCUT2D eigenvalue weighted by molar-refractivity contribution is 0.0953. The third kappa shape index (κ3) is 5.75. The van der Waals surface area contributed by atoms with Crippen molar-refractivity contribution in [3.63, 3.8) is 0 Å². The molecule has 3 N–H and O–H groups in total. The molecular weight excluding hydrogens is 522 g/mol. The Bertz CT molecular complexity index is 1160. The van der Waals surface area contributed by atoms with Crippen LogP contribution in [-0.4, -0.2) is 47.7 Å². The monoisotopic (exact) mass is 559 g/mol. The van der Waals surface area contributed by atoms with Gasteiger partial charge in [-0.3, -0.25) is 15.0 Å². The van der Waals surface area contributed by atoms with Crippen LogP contribution in [-0.2, 0) is 17.4 Å². The lowest BCUT2D eigenvalue weighted by Crippen LogP contribution is -2.31. The minimum absolute atomic E-state index is 0. The highest BCUT2D eigenvalue weighted by Crippen LogP contribution is 2.40. The Morgan fingerprint density at radius 2 is 1.61 bits per heavy atom. The molecule has 1 heterocycles. The van der Waals surface area contributed by atoms with E-state index in [4.69, 9.17) is 10.1 Å². The van der Waals surface area contributed by atoms with Crippen LogP contribution in [0.3, 0.4) is 0 Å². The number of aromatic hydroxyl groups is 1. The normalized spacial score (nSPS) is 13.2. The van der Waals surface area contributed by atoms with E-state index in [1.54, 1.807) is 36.2 Å². The van der Waals surface area contributed by atoms with Crippen molar-refractivity contribution in [3.8, 4) is 11.5 Å². The maximum absolute atomic E-state index is 13.4. The molecule has 0 unspecified atom stereocenters. The summed E-state index contributed by atoms with van der Waals surface area (Å²) in [5, 5.41) is 22.3. The highest BCUT2D eigenvalue weighted by Gasteiger charge is 2.31. The first-order chi connectivity index (χ1) is 16.2. The van der Waals surface area contributed by atoms with Gasteiger partial charge in [0.15, 0.2) is 5.78 Å². The van der Waals surface area contributed by atoms with Crippen LogP contribution in [0.25, 0.3) is 0 Å². The molecule has 0 bridgehead atoms. The van der Waals surface area contributed by atoms with E-state index in [-0.39, 0.29) is 57.6 Å². The number of carbonyl (C=O) groups excluding carboxylic acids is 2. The van der Waals surface area contributed by atoms with Crippen molar-refractivity contribution in [2.45, 2.75) is 65.8 Å². The molecule has 0 saturated carbocycles. The zero-order chi connectivity index (χ0) is 26.3. The van der Waals surface area contributed by atoms with E-state index in [0.717, 1.165) is 16.7 Å². The number of amides is 1. The molecule has 0 spiro atoms. The van der Waals surface area contributed by atoms with Crippen molar-refractivity contribution in [1.82, 2.24) is 10.2 Å². The number of phenolic OH excluding ortho intramolecular Hbond substituents is 1. The fraction of sp³-hybridized carbons (Fsp3) is 0.464. The Labute approximate surface area is 224 Å². The van der Waals surface area contributed by atoms with Crippen LogP contribution < -0.4 is 10.1 Å². The quantitative estimate of drug-likeness (QED) is 0.414. The third-order valence-electron chi connectivity index (χ3n) is 6.29. The second-order valence-corrected chi connectivity index (χ2v) is 11.1. The molecule has 3 rings (SSSR count). The van der Waals surface area contributed by atoms with E-state index in [1.807, 2.05) is 48.5 Å². The molecule has 1 aliphatic rings. The van der Waals surface area contributed by atoms with Crippen LogP contribution in [0.2, 0.25) is 0 Å². The smallest absolute Gasteiger partial charge is 0.254 e. The summed E-state index contributed by atoms with van der Waals surface area (Å²) in [7, 11) is 1.55. The molecule has 1 aliphatic heterocycles. The van der Waals surface area contributed by atoms with Crippen LogP contribution in [0.15, 0.2) is 24.3 Å². The third-order valence-corrected chi connectivity index (χ3v) is 6.29. The summed E-state index contributed by atoms with van der Waals surface area (Å²) in [5.41, 5.74) is 3.11. The Balaban J connectivity index is 0.00000456. The fourth-order valence-electron chi connectivity index (χ4n) is 4.35. The molecule has 7 nitrogen and oxygen atoms in total. The Morgan fingerprint density at radius 1 is 1.06 bits per heavy atom. The van der Waals surface area contributed by atoms with Gasteiger partial charge < -0.3 is 20.1 Å². The molecule has 196 valence electrons. The molecule has 1 amide bonds. The topological polar surface area (TPSA) is 103 Å². The lowest BCUT2D eigenvalue weighted by Gasteiger charge is -2.28. The molecule has 0 aliphatic carbocycles. The van der Waals surface area contributed by atoms with Crippen LogP contribution in [0.4, 0.5) is 0 Å². The molecule has 2 aromatic rings. The largest absolute Gasteiger partial charge is 0.507 e. The second-order valence-electron chi connectivity index (χ2n) is 11.1. The molecule has 2 aromatic carbocycles. The summed E-state index contributed by atoms with van der Waals surface area (Å²) in [5.74, 6) is 0.484. The average molecular weight is 561 g/mol. The number of ketones is 1. The first-order valence-electron chi connectivity index (χ1n) is 12.0. The molecule has 8 heteroatoms. The number of hydrogen-bond acceptors (Lipinski definition) is 5. The maximum Gasteiger partial charge on any atom is 0.254 e. The van der Waals surface area contributed by atoms with E-state index in [1.165, 1.54) is 0 Å². The molecule has 0 fully saturated rings. The minimum Gasteiger partial charge on any atom is -0.507 e. The van der Waals surface area contributed by atoms with Crippen molar-refractivity contribution in [1.29, 1.82) is 5.41 Å². The van der Waals surface area contributed by atoms with Crippen LogP contribution >= 0.6 is 17.0 Å². The average Bonchev–Trinajstić information content (AvgIpc) is 3.05. The SMILES string of the molecule is Br.CCOc1cc2c(cc1C(=O)NC)C(=N)N(CC(=O)c1cc(C(C)(C)C)c(O)c(C(C)(C)C)c1)C2. The van der Waals surface area contributed by atoms with Gasteiger partial charge >= 0.3 is 0 Å². The number of benzene rings is 2. The molecule has 0 aromatic heterocycles. The Hall–Kier alpha value is -2.87. The summed E-state index contributed by atoms with van der Waals surface area (Å²) in [4.78, 5) is 27.5. The zero-order valence-corrected chi connectivity index (χ0v) is 24.2. The number of halogens is 1. The van der Waals surface area contributed by atoms with Gasteiger partial charge in [-0.05, 0) is 47.6 Å². The predicted octanol–water partition coefficient (Wildman–Crippen LogP) is 5.35. The zero-order valence-electron chi connectivity index (χ0n) is 22.5. The number of nitrogens with one attached hydrogen (secondary N) is 2. The number of rotatable bonds is 6. The summed E-state index contributed by atoms with van der Waals surface area (Å²) in [6.45, 7) is 14.7. The molecule has 0 radical (unpaired) electrons. The summed E-state index contributed by atoms with van der Waals surface area (Å²) < 4.78 is 5.67. The Kier molecular flexibility index (Phi) is 8.67. The Morgan fingerprint density at radius 3 is 2.08 bits per heavy atom. The van der Waals surface area contributed by atoms with E-state index >= 15 is 0 Å². The van der Waals surface area contributed by atoms with E-state index in [9.17, 15) is 14.7 Å². The molecule has 36 heavy (non-hydrogen) atoms. The van der Waals surface area contributed by atoms with Crippen LogP contribution in [0.5, 0.6) is 11.5 Å². The van der Waals surface area contributed by atoms with E-state index < -0.39 is 0 Å². The van der Waals surface area contributed by atoms with Crippen molar-refractivity contribution >= 4 is 34.5 Å². The second kappa shape index (κ2) is 10.6. The maximum atomic E-state index is 13.4. The van der Waals surface area contributed by atoms with E-state index in [2.05, 4.69) is 5.32 Å².